The third-order valence-electron chi connectivity index (χ3n) is 2.20. The van der Waals surface area contributed by atoms with Gasteiger partial charge in [-0.2, -0.15) is 0 Å². The summed E-state index contributed by atoms with van der Waals surface area (Å²) >= 11 is 11.6. The summed E-state index contributed by atoms with van der Waals surface area (Å²) in [5, 5.41) is 19.1. The molecular weight excluding hydrogens is 261 g/mol. The van der Waals surface area contributed by atoms with Gasteiger partial charge in [-0.25, -0.2) is 4.99 Å². The summed E-state index contributed by atoms with van der Waals surface area (Å²) in [5.41, 5.74) is 1.21. The van der Waals surface area contributed by atoms with Crippen molar-refractivity contribution in [2.24, 2.45) is 4.99 Å². The van der Waals surface area contributed by atoms with E-state index in [2.05, 4.69) is 4.99 Å². The van der Waals surface area contributed by atoms with Gasteiger partial charge in [0, 0.05) is 0 Å². The molecule has 88 valence electrons. The van der Waals surface area contributed by atoms with E-state index in [9.17, 15) is 5.11 Å². The number of aliphatic hydroxyl groups excluding tert-OH is 1. The van der Waals surface area contributed by atoms with Gasteiger partial charge in [-0.3, -0.25) is 0 Å². The van der Waals surface area contributed by atoms with Gasteiger partial charge in [0.2, 0.25) is 0 Å². The maximum absolute atomic E-state index is 9.48. The van der Waals surface area contributed by atoms with Crippen LogP contribution >= 0.6 is 23.2 Å². The van der Waals surface area contributed by atoms with Crippen LogP contribution in [0, 0.1) is 0 Å². The summed E-state index contributed by atoms with van der Waals surface area (Å²) in [7, 11) is 0. The van der Waals surface area contributed by atoms with Gasteiger partial charge in [-0.05, 0) is 36.4 Å². The Morgan fingerprint density at radius 3 is 2.06 bits per heavy atom. The lowest BCUT2D eigenvalue weighted by molar-refractivity contribution is 0.262. The van der Waals surface area contributed by atoms with Crippen LogP contribution in [0.3, 0.4) is 0 Å². The smallest absolute Gasteiger partial charge is 0.125 e. The number of nitrogens with zero attached hydrogens (tertiary/aromatic N) is 1. The average molecular weight is 270 g/mol. The van der Waals surface area contributed by atoms with E-state index < -0.39 is 6.10 Å². The van der Waals surface area contributed by atoms with Gasteiger partial charge in [0.05, 0.1) is 21.5 Å². The van der Waals surface area contributed by atoms with Crippen molar-refractivity contribution in [2.75, 3.05) is 0 Å². The van der Waals surface area contributed by atoms with Crippen molar-refractivity contribution in [3.8, 4) is 5.75 Å². The minimum absolute atomic E-state index is 0.176. The molecule has 0 saturated heterocycles. The van der Waals surface area contributed by atoms with Gasteiger partial charge >= 0.3 is 0 Å². The molecule has 2 rings (SSSR count). The zero-order valence-corrected chi connectivity index (χ0v) is 10.2. The van der Waals surface area contributed by atoms with Crippen LogP contribution in [0.1, 0.15) is 0 Å². The lowest BCUT2D eigenvalue weighted by Gasteiger charge is -2.13. The van der Waals surface area contributed by atoms with Crippen LogP contribution in [0.4, 0.5) is 5.69 Å². The highest BCUT2D eigenvalue weighted by molar-refractivity contribution is 6.39. The van der Waals surface area contributed by atoms with Crippen molar-refractivity contribution >= 4 is 34.6 Å². The zero-order chi connectivity index (χ0) is 12.4. The third-order valence-corrected chi connectivity index (χ3v) is 2.83. The molecule has 1 aromatic carbocycles. The number of phenolic OH excluding ortho intramolecular Hbond substituents is 1. The van der Waals surface area contributed by atoms with Crippen LogP contribution in [0.15, 0.2) is 51.5 Å². The van der Waals surface area contributed by atoms with E-state index in [-0.39, 0.29) is 15.8 Å². The van der Waals surface area contributed by atoms with Gasteiger partial charge in [0.25, 0.3) is 0 Å². The van der Waals surface area contributed by atoms with E-state index >= 15 is 0 Å². The average Bonchev–Trinajstić information content (AvgIpc) is 2.29. The first-order valence-electron chi connectivity index (χ1n) is 4.86. The van der Waals surface area contributed by atoms with Crippen LogP contribution in [0.2, 0.25) is 0 Å². The van der Waals surface area contributed by atoms with Gasteiger partial charge in [0.15, 0.2) is 0 Å². The first-order valence-corrected chi connectivity index (χ1v) is 5.62. The first kappa shape index (κ1) is 12.2. The molecule has 0 radical (unpaired) electrons. The summed E-state index contributed by atoms with van der Waals surface area (Å²) in [4.78, 5) is 4.27. The molecule has 1 aliphatic carbocycles. The maximum atomic E-state index is 9.48. The second-order valence-electron chi connectivity index (χ2n) is 3.51. The number of allylic oxidation sites excluding steroid dienone is 2. The highest BCUT2D eigenvalue weighted by atomic mass is 35.5. The molecule has 2 N–H and O–H groups in total. The Kier molecular flexibility index (Phi) is 3.52. The lowest BCUT2D eigenvalue weighted by atomic mass is 10.1. The van der Waals surface area contributed by atoms with Crippen LogP contribution in [-0.4, -0.2) is 22.0 Å². The van der Waals surface area contributed by atoms with Crippen LogP contribution in [0.25, 0.3) is 0 Å². The van der Waals surface area contributed by atoms with Crippen molar-refractivity contribution in [3.63, 3.8) is 0 Å². The largest absolute Gasteiger partial charge is 0.508 e. The van der Waals surface area contributed by atoms with Crippen molar-refractivity contribution in [3.05, 3.63) is 46.5 Å². The molecule has 0 spiro atoms. The van der Waals surface area contributed by atoms with Crippen LogP contribution in [-0.2, 0) is 0 Å². The normalized spacial score (nSPS) is 19.7. The highest BCUT2D eigenvalue weighted by Crippen LogP contribution is 2.25. The quantitative estimate of drug-likeness (QED) is 0.823. The SMILES string of the molecule is Oc1ccc(N=C2C=C(Cl)C(O)C(Cl)=C2)cc1. The molecule has 0 heterocycles. The molecule has 1 aliphatic rings. The number of halogens is 2. The highest BCUT2D eigenvalue weighted by Gasteiger charge is 2.18. The lowest BCUT2D eigenvalue weighted by Crippen LogP contribution is -2.13. The summed E-state index contributed by atoms with van der Waals surface area (Å²) < 4.78 is 0. The van der Waals surface area contributed by atoms with Gasteiger partial charge in [-0.1, -0.05) is 23.2 Å². The van der Waals surface area contributed by atoms with E-state index in [0.29, 0.717) is 11.4 Å². The Hall–Kier alpha value is -1.29. The summed E-state index contributed by atoms with van der Waals surface area (Å²) in [5.74, 6) is 0.176. The van der Waals surface area contributed by atoms with Gasteiger partial charge in [-0.15, -0.1) is 0 Å². The topological polar surface area (TPSA) is 52.8 Å². The molecule has 0 aliphatic heterocycles. The molecule has 5 heteroatoms. The summed E-state index contributed by atoms with van der Waals surface area (Å²) in [6, 6.07) is 6.40. The predicted octanol–water partition coefficient (Wildman–Crippen LogP) is 3.08. The third kappa shape index (κ3) is 2.88. The van der Waals surface area contributed by atoms with E-state index in [4.69, 9.17) is 28.3 Å². The summed E-state index contributed by atoms with van der Waals surface area (Å²) in [6.45, 7) is 0. The predicted molar refractivity (Wildman–Crippen MR) is 69.1 cm³/mol. The van der Waals surface area contributed by atoms with Gasteiger partial charge in [0.1, 0.15) is 11.9 Å². The zero-order valence-electron chi connectivity index (χ0n) is 8.64. The molecule has 0 unspecified atom stereocenters. The first-order chi connectivity index (χ1) is 8.06. The second-order valence-corrected chi connectivity index (χ2v) is 4.39. The number of aliphatic hydroxyl groups is 1. The molecule has 3 nitrogen and oxygen atoms in total. The van der Waals surface area contributed by atoms with E-state index in [1.807, 2.05) is 0 Å². The van der Waals surface area contributed by atoms with Crippen molar-refractivity contribution < 1.29 is 10.2 Å². The fourth-order valence-electron chi connectivity index (χ4n) is 1.35. The maximum Gasteiger partial charge on any atom is 0.125 e. The molecular formula is C12H9Cl2NO2. The van der Waals surface area contributed by atoms with Crippen LogP contribution in [0.5, 0.6) is 5.75 Å². The Morgan fingerprint density at radius 1 is 1.00 bits per heavy atom. The van der Waals surface area contributed by atoms with E-state index in [0.717, 1.165) is 0 Å². The van der Waals surface area contributed by atoms with Crippen molar-refractivity contribution in [1.82, 2.24) is 0 Å². The monoisotopic (exact) mass is 269 g/mol. The molecule has 0 amide bonds. The van der Waals surface area contributed by atoms with Crippen molar-refractivity contribution in [1.29, 1.82) is 0 Å². The van der Waals surface area contributed by atoms with E-state index in [1.54, 1.807) is 24.3 Å². The minimum Gasteiger partial charge on any atom is -0.508 e. The number of benzene rings is 1. The molecule has 0 atom stereocenters. The molecule has 0 fully saturated rings. The van der Waals surface area contributed by atoms with E-state index in [1.165, 1.54) is 12.1 Å². The van der Waals surface area contributed by atoms with Gasteiger partial charge < -0.3 is 10.2 Å². The Morgan fingerprint density at radius 2 is 1.53 bits per heavy atom. The molecule has 0 bridgehead atoms. The fourth-order valence-corrected chi connectivity index (χ4v) is 1.87. The fraction of sp³-hybridized carbons (Fsp3) is 0.0833. The Balaban J connectivity index is 2.32. The number of phenols is 1. The number of hydrogen-bond donors (Lipinski definition) is 2. The number of hydrogen-bond acceptors (Lipinski definition) is 3. The second kappa shape index (κ2) is 4.92. The standard InChI is InChI=1S/C12H9Cl2NO2/c13-10-5-8(6-11(14)12(10)17)15-7-1-3-9(16)4-2-7/h1-6,12,16-17H. The molecule has 0 aromatic heterocycles. The van der Waals surface area contributed by atoms with Crippen LogP contribution < -0.4 is 0 Å². The molecule has 17 heavy (non-hydrogen) atoms. The Bertz CT molecular complexity index is 496. The molecule has 1 aromatic rings. The Labute approximate surface area is 108 Å². The number of aliphatic imine (C=N–C) groups is 1. The van der Waals surface area contributed by atoms with Crippen molar-refractivity contribution in [2.45, 2.75) is 6.10 Å². The number of rotatable bonds is 1. The number of aromatic hydroxyl groups is 1. The molecule has 0 saturated carbocycles. The summed E-state index contributed by atoms with van der Waals surface area (Å²) in [6.07, 6.45) is 2.13. The minimum atomic E-state index is -0.961.